The van der Waals surface area contributed by atoms with Crippen molar-refractivity contribution in [3.63, 3.8) is 0 Å². The van der Waals surface area contributed by atoms with Gasteiger partial charge in [-0.2, -0.15) is 11.8 Å². The molecule has 0 bridgehead atoms. The number of thioether (sulfide) groups is 1. The Morgan fingerprint density at radius 3 is 2.00 bits per heavy atom. The fourth-order valence-electron chi connectivity index (χ4n) is 1.55. The largest absolute Gasteiger partial charge is 0.481 e. The average Bonchev–Trinajstić information content (AvgIpc) is 2.16. The van der Waals surface area contributed by atoms with Crippen molar-refractivity contribution in [1.29, 1.82) is 0 Å². The number of carboxylic acids is 2. The summed E-state index contributed by atoms with van der Waals surface area (Å²) in [6, 6.07) is 0. The second-order valence-corrected chi connectivity index (χ2v) is 5.29. The van der Waals surface area contributed by atoms with Crippen LogP contribution in [0.5, 0.6) is 0 Å². The van der Waals surface area contributed by atoms with Gasteiger partial charge in [-0.3, -0.25) is 9.59 Å². The zero-order chi connectivity index (χ0) is 13.3. The minimum atomic E-state index is -0.892. The van der Waals surface area contributed by atoms with Gasteiger partial charge in [-0.15, -0.1) is 13.2 Å². The summed E-state index contributed by atoms with van der Waals surface area (Å²) in [5, 5.41) is 17.5. The third-order valence-corrected chi connectivity index (χ3v) is 3.73. The summed E-state index contributed by atoms with van der Waals surface area (Å²) in [7, 11) is 0. The molecule has 4 nitrogen and oxygen atoms in total. The van der Waals surface area contributed by atoms with Gasteiger partial charge in [0.2, 0.25) is 0 Å². The van der Waals surface area contributed by atoms with Crippen molar-refractivity contribution in [3.05, 3.63) is 25.3 Å². The highest BCUT2D eigenvalue weighted by molar-refractivity contribution is 8.00. The van der Waals surface area contributed by atoms with Gasteiger partial charge >= 0.3 is 11.9 Å². The summed E-state index contributed by atoms with van der Waals surface area (Å²) in [6.07, 6.45) is 4.39. The molecule has 96 valence electrons. The minimum absolute atomic E-state index is 0.0185. The third-order valence-electron chi connectivity index (χ3n) is 2.23. The molecule has 0 aliphatic carbocycles. The van der Waals surface area contributed by atoms with Crippen LogP contribution in [-0.4, -0.2) is 32.7 Å². The molecule has 0 amide bonds. The van der Waals surface area contributed by atoms with Crippen LogP contribution in [0.15, 0.2) is 25.3 Å². The van der Waals surface area contributed by atoms with Crippen LogP contribution in [0.1, 0.15) is 25.7 Å². The first-order chi connectivity index (χ1) is 7.95. The highest BCUT2D eigenvalue weighted by atomic mass is 32.2. The van der Waals surface area contributed by atoms with E-state index in [-0.39, 0.29) is 12.8 Å². The highest BCUT2D eigenvalue weighted by Crippen LogP contribution is 2.37. The molecule has 17 heavy (non-hydrogen) atoms. The van der Waals surface area contributed by atoms with Crippen LogP contribution in [0.2, 0.25) is 0 Å². The van der Waals surface area contributed by atoms with E-state index in [0.29, 0.717) is 18.6 Å². The Kier molecular flexibility index (Phi) is 7.37. The van der Waals surface area contributed by atoms with E-state index < -0.39 is 16.7 Å². The second-order valence-electron chi connectivity index (χ2n) is 3.73. The van der Waals surface area contributed by atoms with Crippen LogP contribution in [0.4, 0.5) is 0 Å². The maximum atomic E-state index is 10.9. The van der Waals surface area contributed by atoms with Crippen LogP contribution < -0.4 is 0 Å². The number of allylic oxidation sites excluding steroid dienone is 2. The van der Waals surface area contributed by atoms with Gasteiger partial charge in [-0.05, 0) is 12.8 Å². The molecule has 5 heteroatoms. The monoisotopic (exact) mass is 258 g/mol. The van der Waals surface area contributed by atoms with Crippen molar-refractivity contribution in [2.45, 2.75) is 30.4 Å². The van der Waals surface area contributed by atoms with Crippen LogP contribution in [0.25, 0.3) is 0 Å². The van der Waals surface area contributed by atoms with Gasteiger partial charge in [-0.1, -0.05) is 12.2 Å². The molecule has 2 N–H and O–H groups in total. The summed E-state index contributed by atoms with van der Waals surface area (Å²) in [6.45, 7) is 7.24. The molecule has 0 saturated heterocycles. The highest BCUT2D eigenvalue weighted by Gasteiger charge is 2.31. The van der Waals surface area contributed by atoms with Crippen LogP contribution in [0, 0.1) is 0 Å². The summed E-state index contributed by atoms with van der Waals surface area (Å²) >= 11 is 1.37. The molecule has 0 aromatic rings. The quantitative estimate of drug-likeness (QED) is 0.589. The molecule has 0 aromatic heterocycles. The molecule has 0 atom stereocenters. The number of carboxylic acid groups (broad SMARTS) is 2. The molecule has 0 aliphatic rings. The number of aliphatic carboxylic acids is 2. The topological polar surface area (TPSA) is 74.6 Å². The molecule has 0 radical (unpaired) electrons. The van der Waals surface area contributed by atoms with Gasteiger partial charge in [-0.25, -0.2) is 0 Å². The minimum Gasteiger partial charge on any atom is -0.481 e. The van der Waals surface area contributed by atoms with Gasteiger partial charge in [0.25, 0.3) is 0 Å². The smallest absolute Gasteiger partial charge is 0.304 e. The predicted octanol–water partition coefficient (Wildman–Crippen LogP) is 2.56. The lowest BCUT2D eigenvalue weighted by molar-refractivity contribution is -0.138. The molecule has 0 unspecified atom stereocenters. The first-order valence-corrected chi connectivity index (χ1v) is 6.23. The molecule has 0 fully saturated rings. The first-order valence-electron chi connectivity index (χ1n) is 5.25. The van der Waals surface area contributed by atoms with Crippen molar-refractivity contribution in [2.75, 3.05) is 5.75 Å². The number of carbonyl (C=O) groups is 2. The van der Waals surface area contributed by atoms with E-state index in [2.05, 4.69) is 13.2 Å². The molecule has 0 rings (SSSR count). The maximum absolute atomic E-state index is 10.9. The van der Waals surface area contributed by atoms with Gasteiger partial charge in [0.05, 0.1) is 12.8 Å². The zero-order valence-electron chi connectivity index (χ0n) is 9.72. The number of hydrogen-bond acceptors (Lipinski definition) is 3. The Hall–Kier alpha value is -1.23. The lowest BCUT2D eigenvalue weighted by atomic mass is 9.96. The summed E-state index contributed by atoms with van der Waals surface area (Å²) in [5.41, 5.74) is 0. The molecule has 0 aliphatic heterocycles. The summed E-state index contributed by atoms with van der Waals surface area (Å²) in [4.78, 5) is 21.3. The SMILES string of the molecule is C=CCC(CC=C)(CC(=O)O)SCCC(=O)O. The van der Waals surface area contributed by atoms with Gasteiger partial charge in [0, 0.05) is 10.5 Å². The number of hydrogen-bond donors (Lipinski definition) is 2. The van der Waals surface area contributed by atoms with Crippen molar-refractivity contribution in [3.8, 4) is 0 Å². The van der Waals surface area contributed by atoms with E-state index in [9.17, 15) is 9.59 Å². The Bertz CT molecular complexity index is 289. The first kappa shape index (κ1) is 15.8. The second kappa shape index (κ2) is 7.95. The standard InChI is InChI=1S/C12H18O4S/c1-3-6-12(7-4-2,9-11(15)16)17-8-5-10(13)14/h3-4H,1-2,5-9H2,(H,13,14)(H,15,16). The van der Waals surface area contributed by atoms with Gasteiger partial charge < -0.3 is 10.2 Å². The normalized spacial score (nSPS) is 10.8. The van der Waals surface area contributed by atoms with Gasteiger partial charge in [0.1, 0.15) is 0 Å². The molecule has 0 saturated carbocycles. The molecule has 0 heterocycles. The molecular formula is C12H18O4S. The van der Waals surface area contributed by atoms with E-state index in [1.54, 1.807) is 12.2 Å². The average molecular weight is 258 g/mol. The fourth-order valence-corrected chi connectivity index (χ4v) is 2.96. The molecular weight excluding hydrogens is 240 g/mol. The van der Waals surface area contributed by atoms with E-state index in [4.69, 9.17) is 10.2 Å². The zero-order valence-corrected chi connectivity index (χ0v) is 10.5. The van der Waals surface area contributed by atoms with E-state index in [0.717, 1.165) is 0 Å². The van der Waals surface area contributed by atoms with Crippen LogP contribution in [0.3, 0.4) is 0 Å². The Labute approximate surface area is 105 Å². The Morgan fingerprint density at radius 2 is 1.65 bits per heavy atom. The van der Waals surface area contributed by atoms with E-state index >= 15 is 0 Å². The molecule has 0 spiro atoms. The number of rotatable bonds is 10. The van der Waals surface area contributed by atoms with Gasteiger partial charge in [0.15, 0.2) is 0 Å². The Balaban J connectivity index is 4.62. The van der Waals surface area contributed by atoms with Crippen LogP contribution >= 0.6 is 11.8 Å². The summed E-state index contributed by atoms with van der Waals surface area (Å²) in [5.74, 6) is -1.37. The van der Waals surface area contributed by atoms with Crippen molar-refractivity contribution in [1.82, 2.24) is 0 Å². The lowest BCUT2D eigenvalue weighted by Gasteiger charge is -2.29. The van der Waals surface area contributed by atoms with E-state index in [1.807, 2.05) is 0 Å². The lowest BCUT2D eigenvalue weighted by Crippen LogP contribution is -2.28. The molecule has 0 aromatic carbocycles. The van der Waals surface area contributed by atoms with Crippen molar-refractivity contribution < 1.29 is 19.8 Å². The summed E-state index contributed by atoms with van der Waals surface area (Å²) < 4.78 is -0.523. The third kappa shape index (κ3) is 6.84. The van der Waals surface area contributed by atoms with Crippen molar-refractivity contribution in [2.24, 2.45) is 0 Å². The Morgan fingerprint density at radius 1 is 1.12 bits per heavy atom. The van der Waals surface area contributed by atoms with E-state index in [1.165, 1.54) is 11.8 Å². The maximum Gasteiger partial charge on any atom is 0.304 e. The van der Waals surface area contributed by atoms with Crippen molar-refractivity contribution >= 4 is 23.7 Å². The fraction of sp³-hybridized carbons (Fsp3) is 0.500. The van der Waals surface area contributed by atoms with Crippen LogP contribution in [-0.2, 0) is 9.59 Å². The predicted molar refractivity (Wildman–Crippen MR) is 69.3 cm³/mol.